The van der Waals surface area contributed by atoms with Gasteiger partial charge in [0, 0.05) is 32.4 Å². The van der Waals surface area contributed by atoms with E-state index < -0.39 is 10.0 Å². The molecule has 0 atom stereocenters. The molecule has 1 aromatic carbocycles. The lowest BCUT2D eigenvalue weighted by Crippen LogP contribution is -2.42. The van der Waals surface area contributed by atoms with Crippen LogP contribution in [0, 0.1) is 0 Å². The van der Waals surface area contributed by atoms with E-state index in [2.05, 4.69) is 20.4 Å². The number of aryl methyl sites for hydroxylation is 1. The fraction of sp³-hybridized carbons (Fsp3) is 0.375. The standard InChI is InChI=1S/C16H20N6O2S/c1-21-11-13(10-17-21)25(23,24)22-8-6-12(7-9-22)18-16-19-14-4-2-3-5-15(14)20-16/h2-5,10-12H,6-9H2,1H3,(H2,18,19,20). The van der Waals surface area contributed by atoms with Gasteiger partial charge in [0.25, 0.3) is 0 Å². The van der Waals surface area contributed by atoms with E-state index in [0.29, 0.717) is 13.1 Å². The van der Waals surface area contributed by atoms with E-state index in [9.17, 15) is 8.42 Å². The van der Waals surface area contributed by atoms with Crippen molar-refractivity contribution in [1.29, 1.82) is 0 Å². The number of fused-ring (bicyclic) bond motifs is 1. The molecular formula is C16H20N6O2S. The van der Waals surface area contributed by atoms with Crippen molar-refractivity contribution < 1.29 is 8.42 Å². The number of nitrogens with one attached hydrogen (secondary N) is 2. The number of sulfonamides is 1. The van der Waals surface area contributed by atoms with Crippen molar-refractivity contribution in [2.24, 2.45) is 7.05 Å². The minimum atomic E-state index is -3.46. The topological polar surface area (TPSA) is 95.9 Å². The van der Waals surface area contributed by atoms with Gasteiger partial charge in [0.15, 0.2) is 0 Å². The Morgan fingerprint density at radius 2 is 2.00 bits per heavy atom. The fourth-order valence-corrected chi connectivity index (χ4v) is 4.59. The number of hydrogen-bond donors (Lipinski definition) is 2. The van der Waals surface area contributed by atoms with Crippen LogP contribution in [0.3, 0.4) is 0 Å². The third kappa shape index (κ3) is 3.12. The Morgan fingerprint density at radius 3 is 2.68 bits per heavy atom. The molecule has 2 N–H and O–H groups in total. The largest absolute Gasteiger partial charge is 0.353 e. The van der Waals surface area contributed by atoms with Crippen LogP contribution >= 0.6 is 0 Å². The Morgan fingerprint density at radius 1 is 1.24 bits per heavy atom. The summed E-state index contributed by atoms with van der Waals surface area (Å²) in [4.78, 5) is 8.01. The predicted molar refractivity (Wildman–Crippen MR) is 94.7 cm³/mol. The zero-order valence-electron chi connectivity index (χ0n) is 13.9. The summed E-state index contributed by atoms with van der Waals surface area (Å²) >= 11 is 0. The van der Waals surface area contributed by atoms with E-state index in [4.69, 9.17) is 0 Å². The van der Waals surface area contributed by atoms with Crippen LogP contribution in [0.15, 0.2) is 41.6 Å². The molecule has 9 heteroatoms. The molecule has 1 saturated heterocycles. The van der Waals surface area contributed by atoms with E-state index in [-0.39, 0.29) is 10.9 Å². The van der Waals surface area contributed by atoms with E-state index >= 15 is 0 Å². The fourth-order valence-electron chi connectivity index (χ4n) is 3.14. The molecule has 0 spiro atoms. The molecule has 4 rings (SSSR count). The summed E-state index contributed by atoms with van der Waals surface area (Å²) in [5.74, 6) is 0.731. The highest BCUT2D eigenvalue weighted by Gasteiger charge is 2.30. The number of imidazole rings is 1. The molecule has 1 aliphatic heterocycles. The van der Waals surface area contributed by atoms with Crippen molar-refractivity contribution in [2.45, 2.75) is 23.8 Å². The average molecular weight is 360 g/mol. The number of hydrogen-bond acceptors (Lipinski definition) is 5. The first-order valence-electron chi connectivity index (χ1n) is 8.22. The summed E-state index contributed by atoms with van der Waals surface area (Å²) < 4.78 is 28.3. The van der Waals surface area contributed by atoms with E-state index in [1.165, 1.54) is 21.4 Å². The average Bonchev–Trinajstić information content (AvgIpc) is 3.21. The lowest BCUT2D eigenvalue weighted by Gasteiger charge is -2.31. The number of aromatic nitrogens is 4. The summed E-state index contributed by atoms with van der Waals surface area (Å²) in [6.07, 6.45) is 4.40. The SMILES string of the molecule is Cn1cc(S(=O)(=O)N2CCC(Nc3nc4ccccc4[nH]3)CC2)cn1. The Bertz CT molecular complexity index is 952. The number of piperidine rings is 1. The second-order valence-electron chi connectivity index (χ2n) is 6.27. The Balaban J connectivity index is 1.41. The Kier molecular flexibility index (Phi) is 3.97. The van der Waals surface area contributed by atoms with Crippen LogP contribution in [0.4, 0.5) is 5.95 Å². The van der Waals surface area contributed by atoms with Gasteiger partial charge in [-0.25, -0.2) is 13.4 Å². The van der Waals surface area contributed by atoms with Gasteiger partial charge >= 0.3 is 0 Å². The first-order chi connectivity index (χ1) is 12.0. The molecule has 0 amide bonds. The van der Waals surface area contributed by atoms with E-state index in [1.807, 2.05) is 24.3 Å². The summed E-state index contributed by atoms with van der Waals surface area (Å²) in [6.45, 7) is 0.963. The minimum absolute atomic E-state index is 0.195. The lowest BCUT2D eigenvalue weighted by atomic mass is 10.1. The summed E-state index contributed by atoms with van der Waals surface area (Å²) in [5, 5.41) is 7.34. The van der Waals surface area contributed by atoms with Crippen molar-refractivity contribution >= 4 is 27.0 Å². The van der Waals surface area contributed by atoms with Gasteiger partial charge in [-0.05, 0) is 25.0 Å². The molecule has 0 unspecified atom stereocenters. The van der Waals surface area contributed by atoms with Crippen LogP contribution < -0.4 is 5.32 Å². The number of H-pyrrole nitrogens is 1. The van der Waals surface area contributed by atoms with Crippen molar-refractivity contribution in [2.75, 3.05) is 18.4 Å². The van der Waals surface area contributed by atoms with Crippen LogP contribution in [-0.4, -0.2) is 51.6 Å². The number of nitrogens with zero attached hydrogens (tertiary/aromatic N) is 4. The number of rotatable bonds is 4. The second kappa shape index (κ2) is 6.16. The quantitative estimate of drug-likeness (QED) is 0.736. The van der Waals surface area contributed by atoms with Crippen LogP contribution in [0.1, 0.15) is 12.8 Å². The maximum absolute atomic E-state index is 12.6. The third-order valence-electron chi connectivity index (χ3n) is 4.50. The summed E-state index contributed by atoms with van der Waals surface area (Å²) in [5.41, 5.74) is 1.91. The Labute approximate surface area is 145 Å². The lowest BCUT2D eigenvalue weighted by molar-refractivity contribution is 0.329. The molecule has 132 valence electrons. The summed E-state index contributed by atoms with van der Waals surface area (Å²) in [7, 11) is -1.75. The number of benzene rings is 1. The molecule has 3 heterocycles. The highest BCUT2D eigenvalue weighted by Crippen LogP contribution is 2.22. The number of anilines is 1. The second-order valence-corrected chi connectivity index (χ2v) is 8.21. The van der Waals surface area contributed by atoms with Crippen LogP contribution in [0.2, 0.25) is 0 Å². The molecule has 0 aliphatic carbocycles. The van der Waals surface area contributed by atoms with Gasteiger partial charge < -0.3 is 10.3 Å². The zero-order chi connectivity index (χ0) is 17.4. The van der Waals surface area contributed by atoms with E-state index in [1.54, 1.807) is 7.05 Å². The van der Waals surface area contributed by atoms with Crippen LogP contribution in [0.25, 0.3) is 11.0 Å². The van der Waals surface area contributed by atoms with Gasteiger partial charge in [-0.2, -0.15) is 9.40 Å². The molecular weight excluding hydrogens is 340 g/mol. The van der Waals surface area contributed by atoms with Gasteiger partial charge in [0.05, 0.1) is 17.2 Å². The molecule has 0 radical (unpaired) electrons. The molecule has 0 saturated carbocycles. The van der Waals surface area contributed by atoms with Crippen molar-refractivity contribution in [1.82, 2.24) is 24.1 Å². The van der Waals surface area contributed by atoms with Crippen LogP contribution in [0.5, 0.6) is 0 Å². The maximum Gasteiger partial charge on any atom is 0.246 e. The predicted octanol–water partition coefficient (Wildman–Crippen LogP) is 1.56. The molecule has 1 aliphatic rings. The Hall–Kier alpha value is -2.39. The van der Waals surface area contributed by atoms with Crippen molar-refractivity contribution in [3.63, 3.8) is 0 Å². The molecule has 0 bridgehead atoms. The molecule has 8 nitrogen and oxygen atoms in total. The zero-order valence-corrected chi connectivity index (χ0v) is 14.7. The van der Waals surface area contributed by atoms with Crippen molar-refractivity contribution in [3.05, 3.63) is 36.7 Å². The number of para-hydroxylation sites is 2. The maximum atomic E-state index is 12.6. The van der Waals surface area contributed by atoms with Gasteiger partial charge in [-0.3, -0.25) is 4.68 Å². The monoisotopic (exact) mass is 360 g/mol. The first kappa shape index (κ1) is 16.1. The summed E-state index contributed by atoms with van der Waals surface area (Å²) in [6, 6.07) is 8.05. The number of aromatic amines is 1. The van der Waals surface area contributed by atoms with Crippen molar-refractivity contribution in [3.8, 4) is 0 Å². The van der Waals surface area contributed by atoms with Gasteiger partial charge in [0.1, 0.15) is 4.90 Å². The van der Waals surface area contributed by atoms with Gasteiger partial charge in [-0.15, -0.1) is 0 Å². The van der Waals surface area contributed by atoms with Crippen LogP contribution in [-0.2, 0) is 17.1 Å². The van der Waals surface area contributed by atoms with Gasteiger partial charge in [0.2, 0.25) is 16.0 Å². The minimum Gasteiger partial charge on any atom is -0.353 e. The third-order valence-corrected chi connectivity index (χ3v) is 6.35. The first-order valence-corrected chi connectivity index (χ1v) is 9.66. The van der Waals surface area contributed by atoms with E-state index in [0.717, 1.165) is 29.8 Å². The molecule has 2 aromatic heterocycles. The normalized spacial score (nSPS) is 17.2. The molecule has 3 aromatic rings. The van der Waals surface area contributed by atoms with Gasteiger partial charge in [-0.1, -0.05) is 12.1 Å². The highest BCUT2D eigenvalue weighted by molar-refractivity contribution is 7.89. The smallest absolute Gasteiger partial charge is 0.246 e. The highest BCUT2D eigenvalue weighted by atomic mass is 32.2. The molecule has 1 fully saturated rings. The molecule has 25 heavy (non-hydrogen) atoms.